The van der Waals surface area contributed by atoms with E-state index in [9.17, 15) is 14.3 Å². The molecule has 0 radical (unpaired) electrons. The second-order valence-corrected chi connectivity index (χ2v) is 8.31. The van der Waals surface area contributed by atoms with Gasteiger partial charge in [-0.15, -0.1) is 0 Å². The SMILES string of the molecule is Cc1cc(F)c(Nc2ccnc3c2C(=O)Nc2cc(CN4CCNCC4)ccc2N3)cc1O. The van der Waals surface area contributed by atoms with Crippen molar-refractivity contribution in [2.24, 2.45) is 0 Å². The van der Waals surface area contributed by atoms with Crippen LogP contribution in [0.5, 0.6) is 5.75 Å². The number of piperazine rings is 1. The van der Waals surface area contributed by atoms with E-state index in [4.69, 9.17) is 0 Å². The Hall–Kier alpha value is -3.69. The standard InChI is InChI=1S/C24H25FN6O2/c1-14-10-16(25)19(12-21(14)32)28-18-4-5-27-23-22(18)24(33)30-20-11-15(2-3-17(20)29-23)13-31-8-6-26-7-9-31/h2-5,10-12,26,32H,6-9,13H2,1H3,(H,30,33)(H2,27,28,29). The minimum Gasteiger partial charge on any atom is -0.508 e. The van der Waals surface area contributed by atoms with E-state index in [1.165, 1.54) is 18.3 Å². The zero-order valence-electron chi connectivity index (χ0n) is 18.2. The van der Waals surface area contributed by atoms with Gasteiger partial charge in [0.15, 0.2) is 0 Å². The van der Waals surface area contributed by atoms with Crippen LogP contribution < -0.4 is 21.3 Å². The first-order chi connectivity index (χ1) is 16.0. The number of aromatic nitrogens is 1. The van der Waals surface area contributed by atoms with Crippen LogP contribution in [0.1, 0.15) is 21.5 Å². The van der Waals surface area contributed by atoms with Crippen LogP contribution in [0.4, 0.5) is 33.0 Å². The summed E-state index contributed by atoms with van der Waals surface area (Å²) in [4.78, 5) is 19.9. The Labute approximate surface area is 190 Å². The number of hydrogen-bond donors (Lipinski definition) is 5. The quantitative estimate of drug-likeness (QED) is 0.415. The van der Waals surface area contributed by atoms with Gasteiger partial charge in [-0.25, -0.2) is 9.37 Å². The molecule has 8 nitrogen and oxygen atoms in total. The van der Waals surface area contributed by atoms with Gasteiger partial charge in [-0.2, -0.15) is 0 Å². The number of nitrogens with zero attached hydrogens (tertiary/aromatic N) is 2. The summed E-state index contributed by atoms with van der Waals surface area (Å²) in [5.74, 6) is -0.560. The monoisotopic (exact) mass is 448 g/mol. The van der Waals surface area contributed by atoms with Gasteiger partial charge in [-0.05, 0) is 42.3 Å². The Kier molecular flexibility index (Phi) is 5.57. The number of aromatic hydroxyl groups is 1. The lowest BCUT2D eigenvalue weighted by molar-refractivity contribution is 0.102. The fourth-order valence-electron chi connectivity index (χ4n) is 4.13. The third kappa shape index (κ3) is 4.33. The molecule has 2 aliphatic heterocycles. The fraction of sp³-hybridized carbons (Fsp3) is 0.250. The summed E-state index contributed by atoms with van der Waals surface area (Å²) in [5, 5.41) is 22.4. The summed E-state index contributed by atoms with van der Waals surface area (Å²) in [6, 6.07) is 10.1. The lowest BCUT2D eigenvalue weighted by atomic mass is 10.1. The lowest BCUT2D eigenvalue weighted by Gasteiger charge is -2.27. The van der Waals surface area contributed by atoms with Gasteiger partial charge in [-0.1, -0.05) is 6.07 Å². The number of carbonyl (C=O) groups is 1. The molecule has 2 aromatic carbocycles. The number of aryl methyl sites for hydroxylation is 1. The van der Waals surface area contributed by atoms with E-state index < -0.39 is 5.82 Å². The topological polar surface area (TPSA) is 102 Å². The van der Waals surface area contributed by atoms with Gasteiger partial charge in [0, 0.05) is 45.0 Å². The first kappa shape index (κ1) is 21.2. The zero-order chi connectivity index (χ0) is 22.9. The number of phenolic OH excluding ortho intramolecular Hbond substituents is 1. The highest BCUT2D eigenvalue weighted by atomic mass is 19.1. The predicted molar refractivity (Wildman–Crippen MR) is 126 cm³/mol. The van der Waals surface area contributed by atoms with Gasteiger partial charge in [0.2, 0.25) is 0 Å². The van der Waals surface area contributed by atoms with E-state index in [-0.39, 0.29) is 22.9 Å². The van der Waals surface area contributed by atoms with Crippen molar-refractivity contribution in [2.75, 3.05) is 42.1 Å². The maximum Gasteiger partial charge on any atom is 0.261 e. The summed E-state index contributed by atoms with van der Waals surface area (Å²) in [5.41, 5.74) is 3.63. The van der Waals surface area contributed by atoms with Crippen LogP contribution in [0.3, 0.4) is 0 Å². The number of fused-ring (bicyclic) bond motifs is 2. The van der Waals surface area contributed by atoms with Crippen molar-refractivity contribution < 1.29 is 14.3 Å². The largest absolute Gasteiger partial charge is 0.508 e. The van der Waals surface area contributed by atoms with Crippen LogP contribution in [-0.2, 0) is 6.54 Å². The Morgan fingerprint density at radius 1 is 1.09 bits per heavy atom. The number of nitrogens with one attached hydrogen (secondary N) is 4. The highest BCUT2D eigenvalue weighted by Crippen LogP contribution is 2.36. The molecule has 33 heavy (non-hydrogen) atoms. The third-order valence-electron chi connectivity index (χ3n) is 5.93. The molecule has 1 amide bonds. The molecule has 170 valence electrons. The maximum atomic E-state index is 14.5. The Balaban J connectivity index is 1.43. The average molecular weight is 449 g/mol. The van der Waals surface area contributed by atoms with Crippen LogP contribution >= 0.6 is 0 Å². The summed E-state index contributed by atoms with van der Waals surface area (Å²) in [6.07, 6.45) is 1.54. The molecule has 0 saturated carbocycles. The normalized spacial score (nSPS) is 15.6. The van der Waals surface area contributed by atoms with Gasteiger partial charge in [0.1, 0.15) is 22.9 Å². The minimum absolute atomic E-state index is 0.0361. The van der Waals surface area contributed by atoms with E-state index in [0.717, 1.165) is 44.0 Å². The smallest absolute Gasteiger partial charge is 0.261 e. The average Bonchev–Trinajstić information content (AvgIpc) is 2.94. The number of benzene rings is 2. The molecule has 0 aliphatic carbocycles. The molecule has 5 N–H and O–H groups in total. The Morgan fingerprint density at radius 3 is 2.73 bits per heavy atom. The summed E-state index contributed by atoms with van der Waals surface area (Å²) in [7, 11) is 0. The van der Waals surface area contributed by atoms with E-state index in [1.54, 1.807) is 13.0 Å². The summed E-state index contributed by atoms with van der Waals surface area (Å²) < 4.78 is 14.5. The molecule has 3 heterocycles. The van der Waals surface area contributed by atoms with Crippen LogP contribution in [0, 0.1) is 12.7 Å². The first-order valence-electron chi connectivity index (χ1n) is 10.9. The molecule has 2 aliphatic rings. The van der Waals surface area contributed by atoms with Crippen LogP contribution in [0.2, 0.25) is 0 Å². The van der Waals surface area contributed by atoms with E-state index in [2.05, 4.69) is 31.2 Å². The molecule has 0 bridgehead atoms. The van der Waals surface area contributed by atoms with Gasteiger partial charge in [0.05, 0.1) is 22.7 Å². The molecular formula is C24H25FN6O2. The molecule has 3 aromatic rings. The fourth-order valence-corrected chi connectivity index (χ4v) is 4.13. The van der Waals surface area contributed by atoms with E-state index in [1.807, 2.05) is 18.2 Å². The number of rotatable bonds is 4. The number of hydrogen-bond acceptors (Lipinski definition) is 7. The van der Waals surface area contributed by atoms with Crippen LogP contribution in [0.15, 0.2) is 42.6 Å². The number of carbonyl (C=O) groups excluding carboxylic acids is 1. The van der Waals surface area contributed by atoms with E-state index in [0.29, 0.717) is 22.8 Å². The van der Waals surface area contributed by atoms with Gasteiger partial charge < -0.3 is 26.4 Å². The van der Waals surface area contributed by atoms with Crippen molar-refractivity contribution in [2.45, 2.75) is 13.5 Å². The number of amides is 1. The summed E-state index contributed by atoms with van der Waals surface area (Å²) in [6.45, 7) is 6.33. The van der Waals surface area contributed by atoms with Crippen molar-refractivity contribution in [3.8, 4) is 5.75 Å². The third-order valence-corrected chi connectivity index (χ3v) is 5.93. The maximum absolute atomic E-state index is 14.5. The van der Waals surface area contributed by atoms with Gasteiger partial charge in [-0.3, -0.25) is 9.69 Å². The van der Waals surface area contributed by atoms with Gasteiger partial charge in [0.25, 0.3) is 5.91 Å². The predicted octanol–water partition coefficient (Wildman–Crippen LogP) is 3.69. The molecular weight excluding hydrogens is 423 g/mol. The molecule has 1 saturated heterocycles. The Bertz CT molecular complexity index is 1230. The lowest BCUT2D eigenvalue weighted by Crippen LogP contribution is -2.42. The van der Waals surface area contributed by atoms with Crippen molar-refractivity contribution in [1.82, 2.24) is 15.2 Å². The second-order valence-electron chi connectivity index (χ2n) is 8.31. The van der Waals surface area contributed by atoms with Crippen LogP contribution in [0.25, 0.3) is 0 Å². The molecule has 5 rings (SSSR count). The number of anilines is 5. The molecule has 1 fully saturated rings. The van der Waals surface area contributed by atoms with Crippen molar-refractivity contribution in [3.05, 3.63) is 65.1 Å². The van der Waals surface area contributed by atoms with Gasteiger partial charge >= 0.3 is 0 Å². The summed E-state index contributed by atoms with van der Waals surface area (Å²) >= 11 is 0. The molecule has 1 aromatic heterocycles. The minimum atomic E-state index is -0.529. The highest BCUT2D eigenvalue weighted by Gasteiger charge is 2.24. The number of phenols is 1. The Morgan fingerprint density at radius 2 is 1.91 bits per heavy atom. The van der Waals surface area contributed by atoms with E-state index >= 15 is 0 Å². The van der Waals surface area contributed by atoms with Crippen molar-refractivity contribution >= 4 is 34.5 Å². The second kappa shape index (κ2) is 8.68. The first-order valence-corrected chi connectivity index (χ1v) is 10.9. The zero-order valence-corrected chi connectivity index (χ0v) is 18.2. The molecule has 0 unspecified atom stereocenters. The van der Waals surface area contributed by atoms with Crippen molar-refractivity contribution in [3.63, 3.8) is 0 Å². The van der Waals surface area contributed by atoms with Crippen molar-refractivity contribution in [1.29, 1.82) is 0 Å². The number of pyridine rings is 1. The highest BCUT2D eigenvalue weighted by molar-refractivity contribution is 6.15. The molecule has 0 atom stereocenters. The number of halogens is 1. The van der Waals surface area contributed by atoms with Crippen LogP contribution in [-0.4, -0.2) is 47.1 Å². The molecule has 9 heteroatoms. The molecule has 0 spiro atoms.